The van der Waals surface area contributed by atoms with Crippen LogP contribution in [0.1, 0.15) is 51.4 Å². The number of hydrogen-bond acceptors (Lipinski definition) is 3. The van der Waals surface area contributed by atoms with Gasteiger partial charge in [0.1, 0.15) is 0 Å². The lowest BCUT2D eigenvalue weighted by atomic mass is 10.1. The molecule has 0 bridgehead atoms. The van der Waals surface area contributed by atoms with Gasteiger partial charge < -0.3 is 4.90 Å². The van der Waals surface area contributed by atoms with Gasteiger partial charge in [-0.2, -0.15) is 0 Å². The van der Waals surface area contributed by atoms with Crippen LogP contribution in [-0.4, -0.2) is 29.8 Å². The van der Waals surface area contributed by atoms with E-state index >= 15 is 0 Å². The van der Waals surface area contributed by atoms with Crippen molar-refractivity contribution in [3.05, 3.63) is 0 Å². The molecule has 0 aliphatic carbocycles. The summed E-state index contributed by atoms with van der Waals surface area (Å²) in [6.45, 7) is 1.65. The molecule has 1 aliphatic heterocycles. The second-order valence-electron chi connectivity index (χ2n) is 4.57. The maximum atomic E-state index is 11.8. The Morgan fingerprint density at radius 2 is 2.00 bits per heavy atom. The molecule has 0 atom stereocenters. The second-order valence-corrected chi connectivity index (χ2v) is 4.57. The maximum Gasteiger partial charge on any atom is 0.233 e. The van der Waals surface area contributed by atoms with Crippen molar-refractivity contribution >= 4 is 11.8 Å². The van der Waals surface area contributed by atoms with Gasteiger partial charge in [-0.15, -0.1) is 0 Å². The van der Waals surface area contributed by atoms with E-state index in [-0.39, 0.29) is 11.8 Å². The van der Waals surface area contributed by atoms with Crippen molar-refractivity contribution in [1.29, 1.82) is 0 Å². The van der Waals surface area contributed by atoms with Crippen LogP contribution in [0.4, 0.5) is 0 Å². The van der Waals surface area contributed by atoms with Crippen molar-refractivity contribution in [2.24, 2.45) is 5.84 Å². The number of hydrogen-bond donors (Lipinski definition) is 2. The summed E-state index contributed by atoms with van der Waals surface area (Å²) in [4.78, 5) is 24.6. The van der Waals surface area contributed by atoms with Crippen LogP contribution >= 0.6 is 0 Å². The summed E-state index contributed by atoms with van der Waals surface area (Å²) in [5, 5.41) is 0. The van der Waals surface area contributed by atoms with Gasteiger partial charge in [0.15, 0.2) is 0 Å². The number of carbonyl (C=O) groups is 2. The van der Waals surface area contributed by atoms with E-state index < -0.39 is 0 Å². The van der Waals surface area contributed by atoms with Gasteiger partial charge in [0.05, 0.1) is 0 Å². The van der Waals surface area contributed by atoms with Gasteiger partial charge in [0.25, 0.3) is 0 Å². The SMILES string of the molecule is NNC(=O)CCCCN1CCCCCCC1=O. The standard InChI is InChI=1S/C12H23N3O2/c13-14-11(16)7-4-6-10-15-9-5-2-1-3-8-12(15)17/h1-10,13H2,(H,14,16). The molecule has 3 N–H and O–H groups in total. The molecule has 1 rings (SSSR count). The fraction of sp³-hybridized carbons (Fsp3) is 0.833. The Hall–Kier alpha value is -1.10. The predicted molar refractivity (Wildman–Crippen MR) is 65.8 cm³/mol. The van der Waals surface area contributed by atoms with E-state index in [4.69, 9.17) is 5.84 Å². The number of nitrogens with zero attached hydrogens (tertiary/aromatic N) is 1. The van der Waals surface area contributed by atoms with Crippen LogP contribution in [-0.2, 0) is 9.59 Å². The first-order valence-corrected chi connectivity index (χ1v) is 6.51. The summed E-state index contributed by atoms with van der Waals surface area (Å²) >= 11 is 0. The van der Waals surface area contributed by atoms with Crippen LogP contribution in [0.3, 0.4) is 0 Å². The molecule has 0 spiro atoms. The number of nitrogens with one attached hydrogen (secondary N) is 1. The van der Waals surface area contributed by atoms with E-state index in [9.17, 15) is 9.59 Å². The molecule has 98 valence electrons. The van der Waals surface area contributed by atoms with Crippen molar-refractivity contribution in [2.45, 2.75) is 51.4 Å². The number of hydrazine groups is 1. The molecular weight excluding hydrogens is 218 g/mol. The van der Waals surface area contributed by atoms with Crippen LogP contribution in [0.2, 0.25) is 0 Å². The molecule has 1 heterocycles. The van der Waals surface area contributed by atoms with Crippen molar-refractivity contribution in [2.75, 3.05) is 13.1 Å². The highest BCUT2D eigenvalue weighted by Gasteiger charge is 2.14. The number of rotatable bonds is 5. The minimum atomic E-state index is -0.135. The van der Waals surface area contributed by atoms with E-state index in [1.165, 1.54) is 12.8 Å². The zero-order valence-electron chi connectivity index (χ0n) is 10.4. The summed E-state index contributed by atoms with van der Waals surface area (Å²) in [6.07, 6.45) is 7.31. The first-order valence-electron chi connectivity index (χ1n) is 6.51. The molecule has 0 aromatic heterocycles. The molecule has 5 nitrogen and oxygen atoms in total. The molecule has 0 aromatic rings. The number of amides is 2. The zero-order valence-corrected chi connectivity index (χ0v) is 10.4. The monoisotopic (exact) mass is 241 g/mol. The van der Waals surface area contributed by atoms with Gasteiger partial charge >= 0.3 is 0 Å². The normalized spacial score (nSPS) is 17.5. The Morgan fingerprint density at radius 1 is 1.24 bits per heavy atom. The fourth-order valence-electron chi connectivity index (χ4n) is 2.11. The average molecular weight is 241 g/mol. The van der Waals surface area contributed by atoms with Crippen LogP contribution in [0.15, 0.2) is 0 Å². The Labute approximate surface area is 103 Å². The van der Waals surface area contributed by atoms with Gasteiger partial charge in [-0.1, -0.05) is 12.8 Å². The van der Waals surface area contributed by atoms with E-state index in [0.717, 1.165) is 38.8 Å². The topological polar surface area (TPSA) is 75.4 Å². The molecule has 0 saturated carbocycles. The zero-order chi connectivity index (χ0) is 12.5. The third-order valence-electron chi connectivity index (χ3n) is 3.16. The summed E-state index contributed by atoms with van der Waals surface area (Å²) in [7, 11) is 0. The van der Waals surface area contributed by atoms with E-state index in [1.54, 1.807) is 0 Å². The highest BCUT2D eigenvalue weighted by molar-refractivity contribution is 5.76. The number of nitrogens with two attached hydrogens (primary N) is 1. The number of likely N-dealkylation sites (tertiary alicyclic amines) is 1. The Bertz CT molecular complexity index is 256. The maximum absolute atomic E-state index is 11.8. The average Bonchev–Trinajstić information content (AvgIpc) is 2.32. The highest BCUT2D eigenvalue weighted by Crippen LogP contribution is 2.12. The summed E-state index contributed by atoms with van der Waals surface area (Å²) < 4.78 is 0. The molecule has 1 fully saturated rings. The molecule has 0 aromatic carbocycles. The number of unbranched alkanes of at least 4 members (excludes halogenated alkanes) is 1. The van der Waals surface area contributed by atoms with Crippen LogP contribution in [0, 0.1) is 0 Å². The summed E-state index contributed by atoms with van der Waals surface area (Å²) in [5.41, 5.74) is 2.11. The van der Waals surface area contributed by atoms with Gasteiger partial charge in [-0.3, -0.25) is 15.0 Å². The molecule has 1 saturated heterocycles. The lowest BCUT2D eigenvalue weighted by Crippen LogP contribution is -2.34. The summed E-state index contributed by atoms with van der Waals surface area (Å²) in [5.74, 6) is 5.13. The highest BCUT2D eigenvalue weighted by atomic mass is 16.2. The molecular formula is C12H23N3O2. The smallest absolute Gasteiger partial charge is 0.233 e. The third-order valence-corrected chi connectivity index (χ3v) is 3.16. The lowest BCUT2D eigenvalue weighted by Gasteiger charge is -2.24. The first kappa shape index (κ1) is 14.0. The van der Waals surface area contributed by atoms with E-state index in [0.29, 0.717) is 12.8 Å². The van der Waals surface area contributed by atoms with E-state index in [1.807, 2.05) is 4.90 Å². The molecule has 2 amide bonds. The van der Waals surface area contributed by atoms with Gasteiger partial charge in [-0.25, -0.2) is 5.84 Å². The van der Waals surface area contributed by atoms with Gasteiger partial charge in [0.2, 0.25) is 11.8 Å². The molecule has 5 heteroatoms. The Balaban J connectivity index is 2.18. The van der Waals surface area contributed by atoms with Crippen LogP contribution in [0.5, 0.6) is 0 Å². The third kappa shape index (κ3) is 5.68. The molecule has 0 unspecified atom stereocenters. The molecule has 0 radical (unpaired) electrons. The number of carbonyl (C=O) groups excluding carboxylic acids is 2. The second kappa shape index (κ2) is 8.06. The van der Waals surface area contributed by atoms with Crippen molar-refractivity contribution in [1.82, 2.24) is 10.3 Å². The first-order chi connectivity index (χ1) is 8.24. The van der Waals surface area contributed by atoms with E-state index in [2.05, 4.69) is 5.43 Å². The minimum Gasteiger partial charge on any atom is -0.343 e. The summed E-state index contributed by atoms with van der Waals surface area (Å²) in [6, 6.07) is 0. The van der Waals surface area contributed by atoms with Gasteiger partial charge in [-0.05, 0) is 25.7 Å². The van der Waals surface area contributed by atoms with Gasteiger partial charge in [0, 0.05) is 25.9 Å². The predicted octanol–water partition coefficient (Wildman–Crippen LogP) is 0.939. The van der Waals surface area contributed by atoms with Crippen molar-refractivity contribution in [3.8, 4) is 0 Å². The quantitative estimate of drug-likeness (QED) is 0.325. The lowest BCUT2D eigenvalue weighted by molar-refractivity contribution is -0.131. The van der Waals surface area contributed by atoms with Crippen molar-refractivity contribution < 1.29 is 9.59 Å². The fourth-order valence-corrected chi connectivity index (χ4v) is 2.11. The molecule has 1 aliphatic rings. The Kier molecular flexibility index (Phi) is 6.62. The minimum absolute atomic E-state index is 0.135. The van der Waals surface area contributed by atoms with Crippen LogP contribution < -0.4 is 11.3 Å². The molecule has 17 heavy (non-hydrogen) atoms. The Morgan fingerprint density at radius 3 is 2.76 bits per heavy atom. The van der Waals surface area contributed by atoms with Crippen LogP contribution in [0.25, 0.3) is 0 Å². The van der Waals surface area contributed by atoms with Crippen molar-refractivity contribution in [3.63, 3.8) is 0 Å². The largest absolute Gasteiger partial charge is 0.343 e.